The van der Waals surface area contributed by atoms with Crippen molar-refractivity contribution < 1.29 is 23.1 Å². The zero-order valence-corrected chi connectivity index (χ0v) is 18.2. The number of hydrogen-bond donors (Lipinski definition) is 1. The Balaban J connectivity index is 2.03. The van der Waals surface area contributed by atoms with E-state index in [4.69, 9.17) is 0 Å². The summed E-state index contributed by atoms with van der Waals surface area (Å²) in [6.45, 7) is 0. The van der Waals surface area contributed by atoms with Gasteiger partial charge in [-0.05, 0) is 30.3 Å². The lowest BCUT2D eigenvalue weighted by atomic mass is 10.0. The number of carbonyl (C=O) groups excluding carboxylic acids is 2. The lowest BCUT2D eigenvalue weighted by Crippen LogP contribution is -2.22. The third-order valence-electron chi connectivity index (χ3n) is 5.18. The molecule has 0 spiro atoms. The minimum Gasteiger partial charge on any atom is -0.494 e. The number of aromatic hydroxyl groups is 1. The molecule has 1 aromatic heterocycles. The quantitative estimate of drug-likeness (QED) is 0.471. The number of rotatable bonds is 5. The molecule has 3 aromatic carbocycles. The molecule has 1 heterocycles. The first-order valence-corrected chi connectivity index (χ1v) is 11.2. The molecule has 1 N–H and O–H groups in total. The van der Waals surface area contributed by atoms with E-state index in [0.717, 1.165) is 8.87 Å². The van der Waals surface area contributed by atoms with Crippen LogP contribution in [0.4, 0.5) is 0 Å². The number of benzene rings is 3. The second-order valence-electron chi connectivity index (χ2n) is 7.37. The Labute approximate surface area is 185 Å². The zero-order chi connectivity index (χ0) is 23.0. The van der Waals surface area contributed by atoms with E-state index < -0.39 is 27.6 Å². The molecule has 0 fully saturated rings. The average Bonchev–Trinajstić information content (AvgIpc) is 3.10. The standard InChI is InChI=1S/C24H20N2O5S/c1-25(2)32(30,31)18-13-14-20-19(15-18)21(22(27)16-9-5-3-6-10-16)24(29)26(20)23(28)17-11-7-4-8-12-17/h3-15,29H,1-2H3. The maximum atomic E-state index is 13.3. The van der Waals surface area contributed by atoms with Crippen molar-refractivity contribution in [1.29, 1.82) is 0 Å². The van der Waals surface area contributed by atoms with E-state index in [9.17, 15) is 23.1 Å². The van der Waals surface area contributed by atoms with Crippen molar-refractivity contribution in [2.75, 3.05) is 14.1 Å². The van der Waals surface area contributed by atoms with Crippen molar-refractivity contribution in [2.45, 2.75) is 4.90 Å². The van der Waals surface area contributed by atoms with E-state index in [1.165, 1.54) is 32.3 Å². The van der Waals surface area contributed by atoms with Gasteiger partial charge in [0.25, 0.3) is 5.91 Å². The predicted molar refractivity (Wildman–Crippen MR) is 121 cm³/mol. The van der Waals surface area contributed by atoms with Crippen LogP contribution < -0.4 is 0 Å². The monoisotopic (exact) mass is 448 g/mol. The van der Waals surface area contributed by atoms with Gasteiger partial charge in [-0.25, -0.2) is 17.3 Å². The molecule has 8 heteroatoms. The highest BCUT2D eigenvalue weighted by Gasteiger charge is 2.28. The molecule has 32 heavy (non-hydrogen) atoms. The smallest absolute Gasteiger partial charge is 0.265 e. The Morgan fingerprint density at radius 2 is 1.41 bits per heavy atom. The van der Waals surface area contributed by atoms with Gasteiger partial charge in [0.05, 0.1) is 16.0 Å². The van der Waals surface area contributed by atoms with Crippen molar-refractivity contribution in [3.8, 4) is 5.88 Å². The minimum absolute atomic E-state index is 0.0542. The van der Waals surface area contributed by atoms with E-state index in [1.54, 1.807) is 60.7 Å². The summed E-state index contributed by atoms with van der Waals surface area (Å²) in [6, 6.07) is 20.7. The molecular weight excluding hydrogens is 428 g/mol. The zero-order valence-electron chi connectivity index (χ0n) is 17.4. The number of hydrogen-bond acceptors (Lipinski definition) is 5. The van der Waals surface area contributed by atoms with Gasteiger partial charge in [-0.3, -0.25) is 9.59 Å². The number of sulfonamides is 1. The fourth-order valence-electron chi connectivity index (χ4n) is 3.50. The second-order valence-corrected chi connectivity index (χ2v) is 9.52. The van der Waals surface area contributed by atoms with Crippen LogP contribution >= 0.6 is 0 Å². The number of fused-ring (bicyclic) bond motifs is 1. The van der Waals surface area contributed by atoms with Crippen LogP contribution in [0.15, 0.2) is 83.8 Å². The number of ketones is 1. The first-order valence-electron chi connectivity index (χ1n) is 9.73. The average molecular weight is 449 g/mol. The topological polar surface area (TPSA) is 96.7 Å². The molecule has 0 aliphatic rings. The molecule has 4 aromatic rings. The van der Waals surface area contributed by atoms with Crippen LogP contribution in [0.2, 0.25) is 0 Å². The van der Waals surface area contributed by atoms with Gasteiger partial charge in [0, 0.05) is 30.6 Å². The minimum atomic E-state index is -3.81. The molecule has 0 saturated heterocycles. The van der Waals surface area contributed by atoms with Gasteiger partial charge in [-0.2, -0.15) is 0 Å². The molecule has 0 atom stereocenters. The van der Waals surface area contributed by atoms with E-state index in [-0.39, 0.29) is 21.4 Å². The Bertz CT molecular complexity index is 1440. The lowest BCUT2D eigenvalue weighted by Gasteiger charge is -2.11. The molecule has 0 unspecified atom stereocenters. The summed E-state index contributed by atoms with van der Waals surface area (Å²) in [7, 11) is -1.01. The highest BCUT2D eigenvalue weighted by molar-refractivity contribution is 7.89. The fourth-order valence-corrected chi connectivity index (χ4v) is 4.43. The molecule has 4 rings (SSSR count). The summed E-state index contributed by atoms with van der Waals surface area (Å²) in [4.78, 5) is 26.5. The Kier molecular flexibility index (Phi) is 5.41. The van der Waals surface area contributed by atoms with Gasteiger partial charge in [0.2, 0.25) is 15.9 Å². The third kappa shape index (κ3) is 3.49. The Morgan fingerprint density at radius 3 is 1.97 bits per heavy atom. The summed E-state index contributed by atoms with van der Waals surface area (Å²) >= 11 is 0. The summed E-state index contributed by atoms with van der Waals surface area (Å²) in [5.41, 5.74) is 0.706. The van der Waals surface area contributed by atoms with E-state index in [1.807, 2.05) is 0 Å². The molecular formula is C24H20N2O5S. The molecule has 0 saturated carbocycles. The highest BCUT2D eigenvalue weighted by atomic mass is 32.2. The first-order chi connectivity index (χ1) is 15.2. The molecule has 0 radical (unpaired) electrons. The maximum Gasteiger partial charge on any atom is 0.265 e. The molecule has 0 amide bonds. The molecule has 162 valence electrons. The lowest BCUT2D eigenvalue weighted by molar-refractivity contribution is 0.0956. The van der Waals surface area contributed by atoms with Crippen LogP contribution in [0.25, 0.3) is 10.9 Å². The summed E-state index contributed by atoms with van der Waals surface area (Å²) < 4.78 is 27.4. The summed E-state index contributed by atoms with van der Waals surface area (Å²) in [5, 5.41) is 11.2. The van der Waals surface area contributed by atoms with E-state index in [0.29, 0.717) is 11.1 Å². The second kappa shape index (κ2) is 8.07. The number of aromatic nitrogens is 1. The summed E-state index contributed by atoms with van der Waals surface area (Å²) in [6.07, 6.45) is 0. The number of carbonyl (C=O) groups is 2. The Hall–Kier alpha value is -3.75. The van der Waals surface area contributed by atoms with Crippen molar-refractivity contribution in [2.24, 2.45) is 0 Å². The van der Waals surface area contributed by atoms with Gasteiger partial charge in [-0.1, -0.05) is 48.5 Å². The maximum absolute atomic E-state index is 13.3. The van der Waals surface area contributed by atoms with Crippen molar-refractivity contribution >= 4 is 32.6 Å². The fraction of sp³-hybridized carbons (Fsp3) is 0.0833. The largest absolute Gasteiger partial charge is 0.494 e. The van der Waals surface area contributed by atoms with Crippen molar-refractivity contribution in [3.63, 3.8) is 0 Å². The number of nitrogens with zero attached hydrogens (tertiary/aromatic N) is 2. The van der Waals surface area contributed by atoms with Gasteiger partial charge >= 0.3 is 0 Å². The van der Waals surface area contributed by atoms with E-state index >= 15 is 0 Å². The van der Waals surface area contributed by atoms with Crippen LogP contribution in [0, 0.1) is 0 Å². The normalized spacial score (nSPS) is 11.7. The van der Waals surface area contributed by atoms with Crippen LogP contribution in [0.3, 0.4) is 0 Å². The Morgan fingerprint density at radius 1 is 0.844 bits per heavy atom. The van der Waals surface area contributed by atoms with Gasteiger partial charge in [0.15, 0.2) is 5.78 Å². The summed E-state index contributed by atoms with van der Waals surface area (Å²) in [5.74, 6) is -1.60. The molecule has 0 aliphatic heterocycles. The highest BCUT2D eigenvalue weighted by Crippen LogP contribution is 2.35. The van der Waals surface area contributed by atoms with Crippen LogP contribution in [-0.2, 0) is 10.0 Å². The first kappa shape index (κ1) is 21.5. The van der Waals surface area contributed by atoms with Gasteiger partial charge in [0.1, 0.15) is 0 Å². The van der Waals surface area contributed by atoms with Crippen LogP contribution in [0.5, 0.6) is 5.88 Å². The molecule has 0 bridgehead atoms. The van der Waals surface area contributed by atoms with Gasteiger partial charge < -0.3 is 5.11 Å². The van der Waals surface area contributed by atoms with Gasteiger partial charge in [-0.15, -0.1) is 0 Å². The van der Waals surface area contributed by atoms with E-state index in [2.05, 4.69) is 0 Å². The van der Waals surface area contributed by atoms with Crippen molar-refractivity contribution in [1.82, 2.24) is 8.87 Å². The predicted octanol–water partition coefficient (Wildman–Crippen LogP) is 3.52. The third-order valence-corrected chi connectivity index (χ3v) is 6.99. The SMILES string of the molecule is CN(C)S(=O)(=O)c1ccc2c(c1)c(C(=O)c1ccccc1)c(O)n2C(=O)c1ccccc1. The molecule has 0 aliphatic carbocycles. The van der Waals surface area contributed by atoms with Crippen LogP contribution in [-0.4, -0.2) is 48.2 Å². The van der Waals surface area contributed by atoms with Crippen molar-refractivity contribution in [3.05, 3.63) is 95.6 Å². The van der Waals surface area contributed by atoms with Crippen LogP contribution in [0.1, 0.15) is 26.3 Å². The molecule has 7 nitrogen and oxygen atoms in total.